The minimum absolute atomic E-state index is 0.00522. The highest BCUT2D eigenvalue weighted by atomic mass is 16.4. The second-order valence-electron chi connectivity index (χ2n) is 6.74. The minimum Gasteiger partial charge on any atom is -0.423 e. The van der Waals surface area contributed by atoms with Crippen molar-refractivity contribution in [3.8, 4) is 0 Å². The van der Waals surface area contributed by atoms with E-state index in [0.29, 0.717) is 31.2 Å². The van der Waals surface area contributed by atoms with Crippen LogP contribution in [0.3, 0.4) is 0 Å². The van der Waals surface area contributed by atoms with Crippen molar-refractivity contribution >= 4 is 28.7 Å². The zero-order valence-corrected chi connectivity index (χ0v) is 15.5. The fraction of sp³-hybridized carbons (Fsp3) is 0.238. The smallest absolute Gasteiger partial charge is 0.298 e. The Balaban J connectivity index is 1.50. The zero-order valence-electron chi connectivity index (χ0n) is 15.5. The summed E-state index contributed by atoms with van der Waals surface area (Å²) in [4.78, 5) is 23.2. The Morgan fingerprint density at radius 1 is 1.11 bits per heavy atom. The van der Waals surface area contributed by atoms with E-state index in [1.165, 1.54) is 0 Å². The van der Waals surface area contributed by atoms with E-state index in [2.05, 4.69) is 4.98 Å². The van der Waals surface area contributed by atoms with Crippen LogP contribution in [0.1, 0.15) is 10.4 Å². The van der Waals surface area contributed by atoms with Crippen LogP contribution < -0.4 is 9.80 Å². The number of aromatic nitrogens is 1. The number of nitrogens with zero attached hydrogens (tertiary/aromatic N) is 4. The molecule has 2 aromatic carbocycles. The molecule has 1 aliphatic heterocycles. The molecule has 6 heteroatoms. The molecule has 2 heterocycles. The van der Waals surface area contributed by atoms with Crippen LogP contribution in [0, 0.1) is 0 Å². The molecule has 1 aromatic heterocycles. The number of carbonyl (C=O) groups is 1. The lowest BCUT2D eigenvalue weighted by atomic mass is 10.1. The molecule has 0 saturated heterocycles. The first kappa shape index (κ1) is 17.1. The Morgan fingerprint density at radius 2 is 1.96 bits per heavy atom. The number of oxazole rings is 1. The number of para-hydroxylation sites is 2. The molecule has 1 amide bonds. The molecule has 4 rings (SSSR count). The predicted octanol–water partition coefficient (Wildman–Crippen LogP) is 3.37. The number of benzene rings is 2. The number of carbonyl (C=O) groups excluding carboxylic acids is 1. The highest BCUT2D eigenvalue weighted by Crippen LogP contribution is 2.22. The molecule has 0 radical (unpaired) electrons. The van der Waals surface area contributed by atoms with Crippen LogP contribution >= 0.6 is 0 Å². The number of hydrogen-bond acceptors (Lipinski definition) is 5. The van der Waals surface area contributed by atoms with Crippen LogP contribution in [-0.2, 0) is 0 Å². The first-order valence-corrected chi connectivity index (χ1v) is 8.97. The van der Waals surface area contributed by atoms with Crippen LogP contribution in [-0.4, -0.2) is 49.5 Å². The Morgan fingerprint density at radius 3 is 2.78 bits per heavy atom. The summed E-state index contributed by atoms with van der Waals surface area (Å²) in [6.45, 7) is 1.87. The standard InChI is InChI=1S/C21H22N4O2/c1-23(2)17-8-5-7-16(15-17)20(26)24-11-6-12-25(14-13-24)21-22-18-9-3-4-10-19(18)27-21/h3-11,15H,12-14H2,1-2H3. The summed E-state index contributed by atoms with van der Waals surface area (Å²) < 4.78 is 5.86. The van der Waals surface area contributed by atoms with Crippen molar-refractivity contribution in [3.63, 3.8) is 0 Å². The van der Waals surface area contributed by atoms with Crippen LogP contribution in [0.5, 0.6) is 0 Å². The quantitative estimate of drug-likeness (QED) is 0.715. The lowest BCUT2D eigenvalue weighted by Crippen LogP contribution is -2.33. The van der Waals surface area contributed by atoms with Crippen LogP contribution in [0.2, 0.25) is 0 Å². The number of rotatable bonds is 3. The van der Waals surface area contributed by atoms with Gasteiger partial charge in [-0.2, -0.15) is 4.98 Å². The van der Waals surface area contributed by atoms with Crippen molar-refractivity contribution in [3.05, 3.63) is 66.4 Å². The summed E-state index contributed by atoms with van der Waals surface area (Å²) in [5, 5.41) is 0. The van der Waals surface area contributed by atoms with Gasteiger partial charge in [-0.1, -0.05) is 18.2 Å². The fourth-order valence-corrected chi connectivity index (χ4v) is 3.12. The molecule has 0 atom stereocenters. The fourth-order valence-electron chi connectivity index (χ4n) is 3.12. The van der Waals surface area contributed by atoms with Crippen molar-refractivity contribution in [2.45, 2.75) is 0 Å². The third-order valence-corrected chi connectivity index (χ3v) is 4.65. The second kappa shape index (κ2) is 7.15. The normalized spacial score (nSPS) is 14.4. The van der Waals surface area contributed by atoms with Gasteiger partial charge in [0.25, 0.3) is 11.9 Å². The van der Waals surface area contributed by atoms with Gasteiger partial charge in [-0.15, -0.1) is 0 Å². The largest absolute Gasteiger partial charge is 0.423 e. The topological polar surface area (TPSA) is 52.8 Å². The lowest BCUT2D eigenvalue weighted by Gasteiger charge is -2.21. The molecule has 138 valence electrons. The maximum absolute atomic E-state index is 12.9. The van der Waals surface area contributed by atoms with Gasteiger partial charge in [0.15, 0.2) is 5.58 Å². The summed E-state index contributed by atoms with van der Waals surface area (Å²) >= 11 is 0. The van der Waals surface area contributed by atoms with Gasteiger partial charge < -0.3 is 19.1 Å². The third-order valence-electron chi connectivity index (χ3n) is 4.65. The maximum atomic E-state index is 12.9. The molecular formula is C21H22N4O2. The van der Waals surface area contributed by atoms with E-state index in [4.69, 9.17) is 4.42 Å². The molecule has 0 unspecified atom stereocenters. The van der Waals surface area contributed by atoms with E-state index in [9.17, 15) is 4.79 Å². The summed E-state index contributed by atoms with van der Waals surface area (Å²) in [5.41, 5.74) is 3.30. The molecular weight excluding hydrogens is 340 g/mol. The molecule has 27 heavy (non-hydrogen) atoms. The van der Waals surface area contributed by atoms with Gasteiger partial charge in [0.2, 0.25) is 0 Å². The van der Waals surface area contributed by atoms with Gasteiger partial charge in [-0.3, -0.25) is 4.79 Å². The Bertz CT molecular complexity index is 960. The maximum Gasteiger partial charge on any atom is 0.298 e. The summed E-state index contributed by atoms with van der Waals surface area (Å²) in [6, 6.07) is 16.0. The van der Waals surface area contributed by atoms with Crippen molar-refractivity contribution in [1.29, 1.82) is 0 Å². The van der Waals surface area contributed by atoms with Crippen LogP contribution in [0.25, 0.3) is 11.1 Å². The lowest BCUT2D eigenvalue weighted by molar-refractivity contribution is 0.0826. The van der Waals surface area contributed by atoms with Crippen LogP contribution in [0.4, 0.5) is 11.7 Å². The molecule has 1 aliphatic rings. The van der Waals surface area contributed by atoms with Gasteiger partial charge in [-0.05, 0) is 36.4 Å². The first-order valence-electron chi connectivity index (χ1n) is 8.97. The van der Waals surface area contributed by atoms with E-state index in [-0.39, 0.29) is 5.91 Å². The van der Waals surface area contributed by atoms with Gasteiger partial charge >= 0.3 is 0 Å². The Kier molecular flexibility index (Phi) is 4.54. The molecule has 3 aromatic rings. The molecule has 0 aliphatic carbocycles. The SMILES string of the molecule is CN(C)c1cccc(C(=O)N2C=CCN(c3nc4ccccc4o3)CC2)c1. The molecule has 0 fully saturated rings. The van der Waals surface area contributed by atoms with Gasteiger partial charge in [-0.25, -0.2) is 0 Å². The number of hydrogen-bond donors (Lipinski definition) is 0. The molecule has 0 bridgehead atoms. The van der Waals surface area contributed by atoms with Gasteiger partial charge in [0.05, 0.1) is 0 Å². The third kappa shape index (κ3) is 3.51. The van der Waals surface area contributed by atoms with Crippen molar-refractivity contribution < 1.29 is 9.21 Å². The number of amides is 1. The number of anilines is 2. The van der Waals surface area contributed by atoms with Gasteiger partial charge in [0.1, 0.15) is 5.52 Å². The highest BCUT2D eigenvalue weighted by molar-refractivity contribution is 5.95. The average Bonchev–Trinajstić information content (AvgIpc) is 2.97. The zero-order chi connectivity index (χ0) is 18.8. The molecule has 0 spiro atoms. The molecule has 0 N–H and O–H groups in total. The monoisotopic (exact) mass is 362 g/mol. The summed E-state index contributed by atoms with van der Waals surface area (Å²) in [7, 11) is 3.93. The second-order valence-corrected chi connectivity index (χ2v) is 6.74. The summed E-state index contributed by atoms with van der Waals surface area (Å²) in [6.07, 6.45) is 3.82. The Labute approximate surface area is 158 Å². The van der Waals surface area contributed by atoms with Crippen molar-refractivity contribution in [2.24, 2.45) is 0 Å². The highest BCUT2D eigenvalue weighted by Gasteiger charge is 2.20. The minimum atomic E-state index is -0.00522. The molecule has 6 nitrogen and oxygen atoms in total. The van der Waals surface area contributed by atoms with Crippen LogP contribution in [0.15, 0.2) is 65.2 Å². The van der Waals surface area contributed by atoms with E-state index in [1.807, 2.05) is 84.7 Å². The van der Waals surface area contributed by atoms with E-state index in [0.717, 1.165) is 16.8 Å². The Hall–Kier alpha value is -3.28. The first-order chi connectivity index (χ1) is 13.1. The van der Waals surface area contributed by atoms with E-state index in [1.54, 1.807) is 4.90 Å². The number of fused-ring (bicyclic) bond motifs is 1. The van der Waals surface area contributed by atoms with Gasteiger partial charge in [0, 0.05) is 51.2 Å². The van der Waals surface area contributed by atoms with E-state index >= 15 is 0 Å². The average molecular weight is 362 g/mol. The summed E-state index contributed by atoms with van der Waals surface area (Å²) in [5.74, 6) is -0.00522. The predicted molar refractivity (Wildman–Crippen MR) is 107 cm³/mol. The van der Waals surface area contributed by atoms with Crippen molar-refractivity contribution in [1.82, 2.24) is 9.88 Å². The van der Waals surface area contributed by atoms with Crippen molar-refractivity contribution in [2.75, 3.05) is 43.5 Å². The molecule has 0 saturated carbocycles. The van der Waals surface area contributed by atoms with E-state index < -0.39 is 0 Å².